The summed E-state index contributed by atoms with van der Waals surface area (Å²) >= 11 is 0. The number of carbonyl (C=O) groups excluding carboxylic acids is 2. The van der Waals surface area contributed by atoms with Crippen molar-refractivity contribution in [3.8, 4) is 0 Å². The lowest BCUT2D eigenvalue weighted by Gasteiger charge is -2.24. The van der Waals surface area contributed by atoms with Crippen molar-refractivity contribution in [3.63, 3.8) is 0 Å². The number of ether oxygens (including phenoxy) is 2. The molecule has 0 aromatic carbocycles. The molecule has 0 amide bonds. The van der Waals surface area contributed by atoms with Gasteiger partial charge in [0.15, 0.2) is 0 Å². The van der Waals surface area contributed by atoms with E-state index in [1.807, 2.05) is 6.92 Å². The van der Waals surface area contributed by atoms with Gasteiger partial charge in [0.1, 0.15) is 5.57 Å². The first-order valence-electron chi connectivity index (χ1n) is 7.39. The van der Waals surface area contributed by atoms with Crippen molar-refractivity contribution in [2.45, 2.75) is 58.3 Å². The lowest BCUT2D eigenvalue weighted by atomic mass is 10.0. The highest BCUT2D eigenvalue weighted by atomic mass is 19.3. The molecule has 0 unspecified atom stereocenters. The average molecular weight is 342 g/mol. The number of hydrogen-bond acceptors (Lipinski definition) is 4. The highest BCUT2D eigenvalue weighted by Gasteiger charge is 2.58. The second-order valence-corrected chi connectivity index (χ2v) is 5.03. The Bertz CT molecular complexity index is 428. The molecule has 0 rings (SSSR count). The molecule has 0 spiro atoms. The third kappa shape index (κ3) is 7.00. The number of alkyl halides is 4. The number of esters is 2. The molecule has 23 heavy (non-hydrogen) atoms. The van der Waals surface area contributed by atoms with Crippen LogP contribution in [0, 0.1) is 0 Å². The molecule has 0 saturated heterocycles. The van der Waals surface area contributed by atoms with Gasteiger partial charge < -0.3 is 9.47 Å². The molecule has 0 saturated carbocycles. The molecule has 0 radical (unpaired) electrons. The van der Waals surface area contributed by atoms with E-state index in [4.69, 9.17) is 0 Å². The van der Waals surface area contributed by atoms with Crippen molar-refractivity contribution in [1.82, 2.24) is 0 Å². The molecule has 0 aliphatic heterocycles. The van der Waals surface area contributed by atoms with Gasteiger partial charge in [-0.2, -0.15) is 17.6 Å². The lowest BCUT2D eigenvalue weighted by molar-refractivity contribution is -0.183. The molecule has 0 aromatic heterocycles. The normalized spacial score (nSPS) is 12.9. The zero-order chi connectivity index (χ0) is 18.1. The predicted molar refractivity (Wildman–Crippen MR) is 75.4 cm³/mol. The van der Waals surface area contributed by atoms with Gasteiger partial charge in [0, 0.05) is 13.0 Å². The van der Waals surface area contributed by atoms with Gasteiger partial charge in [0.05, 0.1) is 13.2 Å². The van der Waals surface area contributed by atoms with Gasteiger partial charge in [0.25, 0.3) is 0 Å². The van der Waals surface area contributed by atoms with Gasteiger partial charge in [-0.05, 0) is 12.8 Å². The summed E-state index contributed by atoms with van der Waals surface area (Å²) in [5.41, 5.74) is -1.71. The van der Waals surface area contributed by atoms with Crippen molar-refractivity contribution >= 4 is 11.9 Å². The molecule has 8 heteroatoms. The molecule has 0 N–H and O–H groups in total. The number of halogens is 4. The van der Waals surface area contributed by atoms with Crippen molar-refractivity contribution in [2.24, 2.45) is 0 Å². The van der Waals surface area contributed by atoms with Crippen molar-refractivity contribution < 1.29 is 36.6 Å². The Morgan fingerprint density at radius 2 is 1.43 bits per heavy atom. The first-order valence-corrected chi connectivity index (χ1v) is 7.39. The minimum atomic E-state index is -4.85. The SMILES string of the molecule is CCCCOC(=O)/C=C(/C(=O)OCCCC)C(F)(F)C(C)(F)F. The number of carbonyl (C=O) groups is 2. The topological polar surface area (TPSA) is 52.6 Å². The van der Waals surface area contributed by atoms with Crippen molar-refractivity contribution in [3.05, 3.63) is 11.6 Å². The fourth-order valence-corrected chi connectivity index (χ4v) is 1.38. The van der Waals surface area contributed by atoms with Crippen LogP contribution in [0.1, 0.15) is 46.5 Å². The third-order valence-corrected chi connectivity index (χ3v) is 2.84. The minimum absolute atomic E-state index is 0.0391. The van der Waals surface area contributed by atoms with E-state index in [1.165, 1.54) is 0 Å². The van der Waals surface area contributed by atoms with E-state index in [9.17, 15) is 27.2 Å². The molecule has 0 fully saturated rings. The van der Waals surface area contributed by atoms with E-state index in [2.05, 4.69) is 9.47 Å². The Morgan fingerprint density at radius 1 is 0.957 bits per heavy atom. The Hall–Kier alpha value is -1.60. The first kappa shape index (κ1) is 21.4. The van der Waals surface area contributed by atoms with Crippen LogP contribution < -0.4 is 0 Å². The van der Waals surface area contributed by atoms with E-state index in [0.717, 1.165) is 0 Å². The number of unbranched alkanes of at least 4 members (excludes halogenated alkanes) is 2. The molecular formula is C15H22F4O4. The summed E-state index contributed by atoms with van der Waals surface area (Å²) < 4.78 is 62.9. The molecule has 134 valence electrons. The fourth-order valence-electron chi connectivity index (χ4n) is 1.38. The summed E-state index contributed by atoms with van der Waals surface area (Å²) in [4.78, 5) is 23.1. The smallest absolute Gasteiger partial charge is 0.342 e. The minimum Gasteiger partial charge on any atom is -0.463 e. The first-order chi connectivity index (χ1) is 10.6. The van der Waals surface area contributed by atoms with Gasteiger partial charge in [-0.3, -0.25) is 0 Å². The summed E-state index contributed by atoms with van der Waals surface area (Å²) in [6.07, 6.45) is 2.25. The fraction of sp³-hybridized carbons (Fsp3) is 0.733. The zero-order valence-corrected chi connectivity index (χ0v) is 13.5. The van der Waals surface area contributed by atoms with Gasteiger partial charge in [0.2, 0.25) is 0 Å². The Labute approximate surface area is 132 Å². The van der Waals surface area contributed by atoms with Crippen molar-refractivity contribution in [2.75, 3.05) is 13.2 Å². The number of rotatable bonds is 10. The van der Waals surface area contributed by atoms with E-state index < -0.39 is 29.4 Å². The van der Waals surface area contributed by atoms with Crippen LogP contribution in [0.4, 0.5) is 17.6 Å². The van der Waals surface area contributed by atoms with E-state index in [-0.39, 0.29) is 26.2 Å². The molecule has 4 nitrogen and oxygen atoms in total. The average Bonchev–Trinajstić information content (AvgIpc) is 2.43. The second kappa shape index (κ2) is 9.52. The van der Waals surface area contributed by atoms with Gasteiger partial charge in [-0.15, -0.1) is 0 Å². The monoisotopic (exact) mass is 342 g/mol. The maximum absolute atomic E-state index is 13.8. The molecule has 0 aliphatic carbocycles. The highest BCUT2D eigenvalue weighted by molar-refractivity contribution is 5.98. The zero-order valence-electron chi connectivity index (χ0n) is 13.5. The van der Waals surface area contributed by atoms with E-state index >= 15 is 0 Å². The summed E-state index contributed by atoms with van der Waals surface area (Å²) in [5, 5.41) is 0. The second-order valence-electron chi connectivity index (χ2n) is 5.03. The molecule has 0 aromatic rings. The Morgan fingerprint density at radius 3 is 1.87 bits per heavy atom. The van der Waals surface area contributed by atoms with Gasteiger partial charge in [-0.1, -0.05) is 26.7 Å². The van der Waals surface area contributed by atoms with Crippen LogP contribution in [0.25, 0.3) is 0 Å². The summed E-state index contributed by atoms with van der Waals surface area (Å²) in [5.74, 6) is -12.3. The van der Waals surface area contributed by atoms with E-state index in [1.54, 1.807) is 6.92 Å². The molecule has 0 aliphatic rings. The van der Waals surface area contributed by atoms with Gasteiger partial charge in [-0.25, -0.2) is 9.59 Å². The maximum Gasteiger partial charge on any atom is 0.342 e. The standard InChI is InChI=1S/C15H22F4O4/c1-4-6-8-22-12(20)10-11(13(21)23-9-7-5-2)15(18,19)14(3,16)17/h10H,4-9H2,1-3H3/b11-10-. The van der Waals surface area contributed by atoms with Crippen LogP contribution in [0.5, 0.6) is 0 Å². The van der Waals surface area contributed by atoms with Crippen LogP contribution in [-0.4, -0.2) is 37.0 Å². The molecule has 0 atom stereocenters. The Balaban J connectivity index is 5.29. The molecule has 0 bridgehead atoms. The summed E-state index contributed by atoms with van der Waals surface area (Å²) in [6.45, 7) is 3.28. The lowest BCUT2D eigenvalue weighted by Crippen LogP contribution is -2.42. The van der Waals surface area contributed by atoms with Crippen LogP contribution in [0.2, 0.25) is 0 Å². The summed E-state index contributed by atoms with van der Waals surface area (Å²) in [7, 11) is 0. The van der Waals surface area contributed by atoms with Crippen molar-refractivity contribution in [1.29, 1.82) is 0 Å². The Kier molecular flexibility index (Phi) is 8.86. The van der Waals surface area contributed by atoms with Crippen LogP contribution in [-0.2, 0) is 19.1 Å². The predicted octanol–water partition coefficient (Wildman–Crippen LogP) is 3.89. The van der Waals surface area contributed by atoms with Crippen LogP contribution in [0.3, 0.4) is 0 Å². The summed E-state index contributed by atoms with van der Waals surface area (Å²) in [6, 6.07) is 0. The molecular weight excluding hydrogens is 320 g/mol. The van der Waals surface area contributed by atoms with Gasteiger partial charge >= 0.3 is 23.8 Å². The quantitative estimate of drug-likeness (QED) is 0.262. The van der Waals surface area contributed by atoms with Crippen LogP contribution >= 0.6 is 0 Å². The highest BCUT2D eigenvalue weighted by Crippen LogP contribution is 2.40. The molecule has 0 heterocycles. The van der Waals surface area contributed by atoms with E-state index in [0.29, 0.717) is 25.7 Å². The van der Waals surface area contributed by atoms with Crippen LogP contribution in [0.15, 0.2) is 11.6 Å². The third-order valence-electron chi connectivity index (χ3n) is 2.84. The largest absolute Gasteiger partial charge is 0.463 e. The number of hydrogen-bond donors (Lipinski definition) is 0. The maximum atomic E-state index is 13.8.